The molecule has 1 heterocycles. The first kappa shape index (κ1) is 22.6. The van der Waals surface area contributed by atoms with E-state index in [2.05, 4.69) is 27.9 Å². The molecule has 3 N–H and O–H groups in total. The summed E-state index contributed by atoms with van der Waals surface area (Å²) in [6.07, 6.45) is -0.0120. The summed E-state index contributed by atoms with van der Waals surface area (Å²) < 4.78 is 23.9. The van der Waals surface area contributed by atoms with E-state index in [1.807, 2.05) is 12.1 Å². The lowest BCUT2D eigenvalue weighted by Gasteiger charge is -2.29. The molecule has 0 spiro atoms. The zero-order valence-corrected chi connectivity index (χ0v) is 19.7. The van der Waals surface area contributed by atoms with Crippen LogP contribution in [0.1, 0.15) is 12.0 Å². The van der Waals surface area contributed by atoms with Crippen molar-refractivity contribution >= 4 is 67.4 Å². The number of carbonyl (C=O) groups is 2. The van der Waals surface area contributed by atoms with Gasteiger partial charge in [-0.2, -0.15) is 0 Å². The average molecular weight is 558 g/mol. The van der Waals surface area contributed by atoms with Gasteiger partial charge in [-0.1, -0.05) is 12.1 Å². The first-order chi connectivity index (χ1) is 14.1. The van der Waals surface area contributed by atoms with Gasteiger partial charge in [0.05, 0.1) is 17.0 Å². The fourth-order valence-electron chi connectivity index (χ4n) is 3.17. The van der Waals surface area contributed by atoms with Gasteiger partial charge in [0.1, 0.15) is 6.04 Å². The second kappa shape index (κ2) is 8.96. The third kappa shape index (κ3) is 4.79. The number of rotatable bonds is 5. The molecule has 1 aliphatic heterocycles. The normalized spacial score (nSPS) is 16.6. The van der Waals surface area contributed by atoms with E-state index in [9.17, 15) is 18.0 Å². The molecular formula is C19H19IN4O4S2. The quantitative estimate of drug-likeness (QED) is 0.326. The lowest BCUT2D eigenvalue weighted by molar-refractivity contribution is -0.122. The highest BCUT2D eigenvalue weighted by molar-refractivity contribution is 14.1. The fraction of sp³-hybridized carbons (Fsp3) is 0.211. The zero-order chi connectivity index (χ0) is 22.1. The van der Waals surface area contributed by atoms with Gasteiger partial charge in [-0.25, -0.2) is 18.5 Å². The number of sulfonamides is 1. The van der Waals surface area contributed by atoms with Crippen molar-refractivity contribution < 1.29 is 18.0 Å². The van der Waals surface area contributed by atoms with Crippen molar-refractivity contribution in [3.8, 4) is 0 Å². The molecule has 2 aromatic rings. The lowest BCUT2D eigenvalue weighted by Crippen LogP contribution is -2.48. The van der Waals surface area contributed by atoms with Crippen molar-refractivity contribution in [1.29, 1.82) is 0 Å². The zero-order valence-electron chi connectivity index (χ0n) is 15.9. The molecule has 1 saturated heterocycles. The summed E-state index contributed by atoms with van der Waals surface area (Å²) in [7, 11) is -2.16. The molecular weight excluding hydrogens is 539 g/mol. The Morgan fingerprint density at radius 2 is 1.80 bits per heavy atom. The Balaban J connectivity index is 1.87. The molecule has 158 valence electrons. The number of primary sulfonamides is 1. The smallest absolute Gasteiger partial charge is 0.257 e. The van der Waals surface area contributed by atoms with Crippen LogP contribution >= 0.6 is 34.8 Å². The Labute approximate surface area is 193 Å². The van der Waals surface area contributed by atoms with Gasteiger partial charge < -0.3 is 10.2 Å². The molecule has 0 saturated carbocycles. The highest BCUT2D eigenvalue weighted by atomic mass is 127. The van der Waals surface area contributed by atoms with Crippen LogP contribution in [0.2, 0.25) is 0 Å². The second-order valence-corrected chi connectivity index (χ2v) is 9.83. The largest absolute Gasteiger partial charge is 0.366 e. The number of imide groups is 1. The van der Waals surface area contributed by atoms with Gasteiger partial charge in [-0.3, -0.25) is 9.59 Å². The molecule has 1 aliphatic rings. The standard InChI is InChI=1S/C19H19IN4O4S2/c1-22-19(29)23(11-12-2-8-15(9-3-12)30(21,27)28)16-10-17(25)24(18(16)26)14-6-4-13(20)5-7-14/h2-9,16H,10-11H2,1H3,(H,22,29)(H2,21,27,28)/t16-/m1/s1. The molecule has 1 fully saturated rings. The van der Waals surface area contributed by atoms with Crippen LogP contribution in [0.25, 0.3) is 0 Å². The summed E-state index contributed by atoms with van der Waals surface area (Å²) in [6, 6.07) is 12.3. The second-order valence-electron chi connectivity index (χ2n) is 6.64. The molecule has 0 aromatic heterocycles. The Morgan fingerprint density at radius 1 is 1.20 bits per heavy atom. The Bertz CT molecular complexity index is 1090. The number of amides is 2. The van der Waals surface area contributed by atoms with Gasteiger partial charge in [-0.05, 0) is 76.8 Å². The van der Waals surface area contributed by atoms with Crippen molar-refractivity contribution in [2.75, 3.05) is 11.9 Å². The molecule has 1 atom stereocenters. The third-order valence-corrected chi connectivity index (χ3v) is 6.75. The van der Waals surface area contributed by atoms with Crippen LogP contribution in [0, 0.1) is 3.57 Å². The van der Waals surface area contributed by atoms with Gasteiger partial charge in [0, 0.05) is 17.2 Å². The molecule has 11 heteroatoms. The van der Waals surface area contributed by atoms with Gasteiger partial charge in [0.25, 0.3) is 5.91 Å². The van der Waals surface area contributed by atoms with E-state index in [4.69, 9.17) is 17.4 Å². The summed E-state index contributed by atoms with van der Waals surface area (Å²) in [4.78, 5) is 28.6. The number of anilines is 1. The summed E-state index contributed by atoms with van der Waals surface area (Å²) in [5.74, 6) is -0.667. The van der Waals surface area contributed by atoms with Gasteiger partial charge in [0.2, 0.25) is 15.9 Å². The van der Waals surface area contributed by atoms with Crippen molar-refractivity contribution in [2.45, 2.75) is 23.9 Å². The molecule has 2 aromatic carbocycles. The van der Waals surface area contributed by atoms with Crippen molar-refractivity contribution in [2.24, 2.45) is 5.14 Å². The number of hydrogen-bond donors (Lipinski definition) is 2. The maximum atomic E-state index is 13.1. The van der Waals surface area contributed by atoms with Crippen LogP contribution in [0.4, 0.5) is 5.69 Å². The van der Waals surface area contributed by atoms with Crippen LogP contribution < -0.4 is 15.4 Å². The molecule has 0 unspecified atom stereocenters. The lowest BCUT2D eigenvalue weighted by atomic mass is 10.1. The molecule has 0 aliphatic carbocycles. The molecule has 30 heavy (non-hydrogen) atoms. The van der Waals surface area contributed by atoms with Crippen molar-refractivity contribution in [3.05, 3.63) is 57.7 Å². The maximum absolute atomic E-state index is 13.1. The number of carbonyl (C=O) groups excluding carboxylic acids is 2. The van der Waals surface area contributed by atoms with E-state index in [1.165, 1.54) is 17.0 Å². The van der Waals surface area contributed by atoms with Gasteiger partial charge in [-0.15, -0.1) is 0 Å². The molecule has 0 radical (unpaired) electrons. The number of thiocarbonyl (C=S) groups is 1. The van der Waals surface area contributed by atoms with E-state index in [0.717, 1.165) is 3.57 Å². The van der Waals surface area contributed by atoms with E-state index in [0.29, 0.717) is 16.4 Å². The Morgan fingerprint density at radius 3 is 2.33 bits per heavy atom. The minimum Gasteiger partial charge on any atom is -0.366 e. The number of nitrogens with one attached hydrogen (secondary N) is 1. The van der Waals surface area contributed by atoms with Crippen LogP contribution in [0.5, 0.6) is 0 Å². The van der Waals surface area contributed by atoms with Gasteiger partial charge >= 0.3 is 0 Å². The summed E-state index contributed by atoms with van der Waals surface area (Å²) in [6.45, 7) is 0.217. The van der Waals surface area contributed by atoms with E-state index in [1.54, 1.807) is 36.2 Å². The van der Waals surface area contributed by atoms with Crippen molar-refractivity contribution in [1.82, 2.24) is 10.2 Å². The topological polar surface area (TPSA) is 113 Å². The first-order valence-electron chi connectivity index (χ1n) is 8.84. The minimum atomic E-state index is -3.80. The number of benzene rings is 2. The molecule has 8 nitrogen and oxygen atoms in total. The fourth-order valence-corrected chi connectivity index (χ4v) is 4.24. The summed E-state index contributed by atoms with van der Waals surface area (Å²) >= 11 is 7.53. The highest BCUT2D eigenvalue weighted by Crippen LogP contribution is 2.27. The third-order valence-electron chi connectivity index (χ3n) is 4.66. The molecule has 0 bridgehead atoms. The Kier molecular flexibility index (Phi) is 6.75. The monoisotopic (exact) mass is 558 g/mol. The van der Waals surface area contributed by atoms with Crippen LogP contribution in [-0.2, 0) is 26.2 Å². The van der Waals surface area contributed by atoms with E-state index < -0.39 is 16.1 Å². The SMILES string of the molecule is CNC(=S)N(Cc1ccc(S(N)(=O)=O)cc1)[C@@H]1CC(=O)N(c2ccc(I)cc2)C1=O. The predicted octanol–water partition coefficient (Wildman–Crippen LogP) is 1.58. The van der Waals surface area contributed by atoms with Crippen molar-refractivity contribution in [3.63, 3.8) is 0 Å². The van der Waals surface area contributed by atoms with Crippen LogP contribution in [-0.4, -0.2) is 43.3 Å². The van der Waals surface area contributed by atoms with E-state index >= 15 is 0 Å². The minimum absolute atomic E-state index is 0.00833. The average Bonchev–Trinajstić information content (AvgIpc) is 3.00. The molecule has 3 rings (SSSR count). The molecule has 2 amide bonds. The maximum Gasteiger partial charge on any atom is 0.257 e. The Hall–Kier alpha value is -2.09. The van der Waals surface area contributed by atoms with Crippen LogP contribution in [0.15, 0.2) is 53.4 Å². The number of hydrogen-bond acceptors (Lipinski definition) is 5. The number of halogens is 1. The van der Waals surface area contributed by atoms with Crippen LogP contribution in [0.3, 0.4) is 0 Å². The summed E-state index contributed by atoms with van der Waals surface area (Å²) in [5.41, 5.74) is 1.23. The van der Waals surface area contributed by atoms with Gasteiger partial charge in [0.15, 0.2) is 5.11 Å². The van der Waals surface area contributed by atoms with E-state index in [-0.39, 0.29) is 29.7 Å². The first-order valence-corrected chi connectivity index (χ1v) is 11.9. The summed E-state index contributed by atoms with van der Waals surface area (Å²) in [5, 5.41) is 8.29. The highest BCUT2D eigenvalue weighted by Gasteiger charge is 2.43. The number of nitrogens with two attached hydrogens (primary N) is 1. The number of nitrogens with zero attached hydrogens (tertiary/aromatic N) is 2. The predicted molar refractivity (Wildman–Crippen MR) is 125 cm³/mol.